The maximum atomic E-state index is 11.9. The smallest absolute Gasteiger partial charge is 0.246 e. The van der Waals surface area contributed by atoms with E-state index >= 15 is 0 Å². The highest BCUT2D eigenvalue weighted by atomic mass is 35.5. The molecule has 0 bridgehead atoms. The van der Waals surface area contributed by atoms with Gasteiger partial charge in [0, 0.05) is 18.0 Å². The molecule has 0 atom stereocenters. The Kier molecular flexibility index (Phi) is 4.77. The number of rotatable bonds is 3. The number of benzene rings is 1. The molecule has 1 aromatic heterocycles. The van der Waals surface area contributed by atoms with Crippen molar-refractivity contribution in [3.63, 3.8) is 0 Å². The summed E-state index contributed by atoms with van der Waals surface area (Å²) >= 11 is 6.02. The standard InChI is InChI=1S/C14H12ClN3O2/c15-12-5-4-11(3-1-8-19)9-13(12)17-14(20)10-18-7-2-6-16-18/h2,4-7,9,19H,8,10H2,(H,17,20). The van der Waals surface area contributed by atoms with Crippen LogP contribution in [0.1, 0.15) is 5.56 Å². The monoisotopic (exact) mass is 289 g/mol. The van der Waals surface area contributed by atoms with Crippen molar-refractivity contribution in [1.82, 2.24) is 9.78 Å². The van der Waals surface area contributed by atoms with E-state index in [2.05, 4.69) is 22.3 Å². The van der Waals surface area contributed by atoms with E-state index < -0.39 is 0 Å². The Labute approximate surface area is 121 Å². The van der Waals surface area contributed by atoms with Crippen LogP contribution in [0.15, 0.2) is 36.7 Å². The molecular formula is C14H12ClN3O2. The zero-order chi connectivity index (χ0) is 14.4. The number of aliphatic hydroxyl groups excluding tert-OH is 1. The summed E-state index contributed by atoms with van der Waals surface area (Å²) in [5, 5.41) is 15.7. The first-order chi connectivity index (χ1) is 9.69. The second-order valence-electron chi connectivity index (χ2n) is 3.91. The molecule has 1 heterocycles. The van der Waals surface area contributed by atoms with Crippen molar-refractivity contribution >= 4 is 23.2 Å². The van der Waals surface area contributed by atoms with Crippen LogP contribution in [0.2, 0.25) is 5.02 Å². The average Bonchev–Trinajstić information content (AvgIpc) is 2.92. The van der Waals surface area contributed by atoms with Gasteiger partial charge in [0.05, 0.1) is 10.7 Å². The van der Waals surface area contributed by atoms with E-state index in [1.54, 1.807) is 36.7 Å². The number of halogens is 1. The third-order valence-electron chi connectivity index (χ3n) is 2.42. The van der Waals surface area contributed by atoms with Crippen LogP contribution in [0.4, 0.5) is 5.69 Å². The minimum Gasteiger partial charge on any atom is -0.384 e. The van der Waals surface area contributed by atoms with Gasteiger partial charge in [-0.05, 0) is 24.3 Å². The van der Waals surface area contributed by atoms with Crippen LogP contribution in [-0.4, -0.2) is 27.4 Å². The van der Waals surface area contributed by atoms with Crippen molar-refractivity contribution in [3.8, 4) is 11.8 Å². The highest BCUT2D eigenvalue weighted by molar-refractivity contribution is 6.33. The lowest BCUT2D eigenvalue weighted by Gasteiger charge is -2.08. The molecule has 0 aliphatic rings. The highest BCUT2D eigenvalue weighted by Gasteiger charge is 2.07. The van der Waals surface area contributed by atoms with Crippen LogP contribution >= 0.6 is 11.6 Å². The molecule has 0 saturated heterocycles. The topological polar surface area (TPSA) is 67.2 Å². The zero-order valence-electron chi connectivity index (χ0n) is 10.5. The molecule has 2 rings (SSSR count). The Bertz CT molecular complexity index is 657. The molecule has 5 nitrogen and oxygen atoms in total. The molecule has 0 radical (unpaired) electrons. The summed E-state index contributed by atoms with van der Waals surface area (Å²) in [7, 11) is 0. The maximum absolute atomic E-state index is 11.9. The molecular weight excluding hydrogens is 278 g/mol. The predicted octanol–water partition coefficient (Wildman–Crippen LogP) is 1.52. The van der Waals surface area contributed by atoms with Crippen LogP contribution in [0, 0.1) is 11.8 Å². The van der Waals surface area contributed by atoms with Crippen LogP contribution in [0.25, 0.3) is 0 Å². The second kappa shape index (κ2) is 6.75. The van der Waals surface area contributed by atoms with Gasteiger partial charge in [0.25, 0.3) is 0 Å². The number of nitrogens with one attached hydrogen (secondary N) is 1. The van der Waals surface area contributed by atoms with Gasteiger partial charge in [-0.25, -0.2) is 0 Å². The fraction of sp³-hybridized carbons (Fsp3) is 0.143. The molecule has 0 fully saturated rings. The molecule has 0 spiro atoms. The highest BCUT2D eigenvalue weighted by Crippen LogP contribution is 2.22. The summed E-state index contributed by atoms with van der Waals surface area (Å²) < 4.78 is 1.51. The molecule has 0 unspecified atom stereocenters. The molecule has 6 heteroatoms. The van der Waals surface area contributed by atoms with E-state index in [1.165, 1.54) is 4.68 Å². The molecule has 0 aliphatic heterocycles. The number of hydrogen-bond donors (Lipinski definition) is 2. The van der Waals surface area contributed by atoms with Crippen molar-refractivity contribution in [3.05, 3.63) is 47.2 Å². The van der Waals surface area contributed by atoms with Gasteiger partial charge < -0.3 is 10.4 Å². The molecule has 1 aromatic carbocycles. The molecule has 1 amide bonds. The number of carbonyl (C=O) groups is 1. The summed E-state index contributed by atoms with van der Waals surface area (Å²) in [6.45, 7) is -0.112. The number of amides is 1. The Morgan fingerprint density at radius 3 is 3.05 bits per heavy atom. The number of anilines is 1. The van der Waals surface area contributed by atoms with E-state index in [1.807, 2.05) is 0 Å². The van der Waals surface area contributed by atoms with Crippen LogP contribution < -0.4 is 5.32 Å². The number of aliphatic hydroxyl groups is 1. The van der Waals surface area contributed by atoms with Gasteiger partial charge in [-0.3, -0.25) is 9.48 Å². The van der Waals surface area contributed by atoms with Gasteiger partial charge in [0.15, 0.2) is 0 Å². The van der Waals surface area contributed by atoms with Gasteiger partial charge in [0.2, 0.25) is 5.91 Å². The van der Waals surface area contributed by atoms with Gasteiger partial charge in [0.1, 0.15) is 13.2 Å². The van der Waals surface area contributed by atoms with Gasteiger partial charge in [-0.1, -0.05) is 23.4 Å². The van der Waals surface area contributed by atoms with Crippen molar-refractivity contribution in [2.75, 3.05) is 11.9 Å². The fourth-order valence-electron chi connectivity index (χ4n) is 1.57. The first kappa shape index (κ1) is 14.1. The molecule has 102 valence electrons. The third-order valence-corrected chi connectivity index (χ3v) is 2.75. The summed E-state index contributed by atoms with van der Waals surface area (Å²) in [5.41, 5.74) is 1.14. The first-order valence-electron chi connectivity index (χ1n) is 5.85. The summed E-state index contributed by atoms with van der Waals surface area (Å²) in [6.07, 6.45) is 3.30. The zero-order valence-corrected chi connectivity index (χ0v) is 11.3. The maximum Gasteiger partial charge on any atom is 0.246 e. The first-order valence-corrected chi connectivity index (χ1v) is 6.23. The number of carbonyl (C=O) groups excluding carboxylic acids is 1. The lowest BCUT2D eigenvalue weighted by atomic mass is 10.2. The van der Waals surface area contributed by atoms with Gasteiger partial charge in [-0.2, -0.15) is 5.10 Å². The van der Waals surface area contributed by atoms with E-state index in [-0.39, 0.29) is 19.1 Å². The lowest BCUT2D eigenvalue weighted by molar-refractivity contribution is -0.116. The van der Waals surface area contributed by atoms with Crippen molar-refractivity contribution in [1.29, 1.82) is 0 Å². The van der Waals surface area contributed by atoms with Crippen LogP contribution in [-0.2, 0) is 11.3 Å². The largest absolute Gasteiger partial charge is 0.384 e. The second-order valence-corrected chi connectivity index (χ2v) is 4.31. The van der Waals surface area contributed by atoms with Crippen molar-refractivity contribution in [2.45, 2.75) is 6.54 Å². The van der Waals surface area contributed by atoms with Crippen LogP contribution in [0.5, 0.6) is 0 Å². The molecule has 2 aromatic rings. The van der Waals surface area contributed by atoms with Crippen molar-refractivity contribution < 1.29 is 9.90 Å². The molecule has 0 aliphatic carbocycles. The van der Waals surface area contributed by atoms with E-state index in [0.29, 0.717) is 16.3 Å². The Hall–Kier alpha value is -2.29. The SMILES string of the molecule is O=C(Cn1cccn1)Nc1cc(C#CCO)ccc1Cl. The number of nitrogens with zero attached hydrogens (tertiary/aromatic N) is 2. The van der Waals surface area contributed by atoms with Crippen molar-refractivity contribution in [2.24, 2.45) is 0 Å². The molecule has 2 N–H and O–H groups in total. The summed E-state index contributed by atoms with van der Waals surface area (Å²) in [6, 6.07) is 6.76. The van der Waals surface area contributed by atoms with Gasteiger partial charge in [-0.15, -0.1) is 0 Å². The molecule has 0 saturated carbocycles. The van der Waals surface area contributed by atoms with E-state index in [9.17, 15) is 4.79 Å². The van der Waals surface area contributed by atoms with E-state index in [4.69, 9.17) is 16.7 Å². The fourth-order valence-corrected chi connectivity index (χ4v) is 1.74. The normalized spacial score (nSPS) is 9.70. The predicted molar refractivity (Wildman–Crippen MR) is 76.3 cm³/mol. The minimum absolute atomic E-state index is 0.107. The third kappa shape index (κ3) is 3.85. The quantitative estimate of drug-likeness (QED) is 0.842. The Morgan fingerprint density at radius 1 is 1.50 bits per heavy atom. The minimum atomic E-state index is -0.233. The summed E-state index contributed by atoms with van der Waals surface area (Å²) in [5.74, 6) is 5.06. The Balaban J connectivity index is 2.09. The lowest BCUT2D eigenvalue weighted by Crippen LogP contribution is -2.19. The summed E-state index contributed by atoms with van der Waals surface area (Å²) in [4.78, 5) is 11.9. The number of aromatic nitrogens is 2. The number of hydrogen-bond acceptors (Lipinski definition) is 3. The molecule has 20 heavy (non-hydrogen) atoms. The average molecular weight is 290 g/mol. The van der Waals surface area contributed by atoms with Crippen LogP contribution in [0.3, 0.4) is 0 Å². The Morgan fingerprint density at radius 2 is 2.35 bits per heavy atom. The van der Waals surface area contributed by atoms with Gasteiger partial charge >= 0.3 is 0 Å². The van der Waals surface area contributed by atoms with E-state index in [0.717, 1.165) is 0 Å².